The minimum Gasteiger partial charge on any atom is -0.462 e. The molecule has 1 unspecified atom stereocenters. The standard InChI is InChI=1S/C17H33N3O2.ClH/c1-3-4-5-6-7-13(2)22-16(21)15-10-8-14(9-11-15)12-20-17(18)19;/h13-15H,3-12H2,1-2H3,(H4,18,19,20);1H/t13?,14-,15-;. The van der Waals surface area contributed by atoms with Crippen LogP contribution >= 0.6 is 12.4 Å². The van der Waals surface area contributed by atoms with E-state index in [0.717, 1.165) is 45.1 Å². The second kappa shape index (κ2) is 12.5. The first-order valence-electron chi connectivity index (χ1n) is 8.81. The van der Waals surface area contributed by atoms with Crippen molar-refractivity contribution in [2.75, 3.05) is 6.54 Å². The van der Waals surface area contributed by atoms with Gasteiger partial charge in [0.1, 0.15) is 0 Å². The number of guanidine groups is 1. The molecule has 1 atom stereocenters. The fourth-order valence-electron chi connectivity index (χ4n) is 3.07. The summed E-state index contributed by atoms with van der Waals surface area (Å²) >= 11 is 0. The van der Waals surface area contributed by atoms with E-state index in [1.165, 1.54) is 19.3 Å². The van der Waals surface area contributed by atoms with Crippen LogP contribution in [0.4, 0.5) is 0 Å². The largest absolute Gasteiger partial charge is 0.462 e. The fourth-order valence-corrected chi connectivity index (χ4v) is 3.07. The molecule has 0 heterocycles. The summed E-state index contributed by atoms with van der Waals surface area (Å²) in [5.74, 6) is 0.588. The summed E-state index contributed by atoms with van der Waals surface area (Å²) in [5, 5.41) is 10.0. The van der Waals surface area contributed by atoms with Crippen LogP contribution in [0.5, 0.6) is 0 Å². The summed E-state index contributed by atoms with van der Waals surface area (Å²) in [5.41, 5.74) is 5.30. The Labute approximate surface area is 147 Å². The van der Waals surface area contributed by atoms with E-state index in [-0.39, 0.29) is 36.4 Å². The van der Waals surface area contributed by atoms with E-state index in [4.69, 9.17) is 15.9 Å². The quantitative estimate of drug-likeness (QED) is 0.257. The van der Waals surface area contributed by atoms with Gasteiger partial charge >= 0.3 is 5.97 Å². The highest BCUT2D eigenvalue weighted by molar-refractivity contribution is 5.85. The zero-order valence-corrected chi connectivity index (χ0v) is 15.4. The summed E-state index contributed by atoms with van der Waals surface area (Å²) in [6.45, 7) is 4.95. The Bertz CT molecular complexity index is 345. The van der Waals surface area contributed by atoms with E-state index in [1.54, 1.807) is 0 Å². The van der Waals surface area contributed by atoms with Crippen molar-refractivity contribution < 1.29 is 9.53 Å². The number of unbranched alkanes of at least 4 members (excludes halogenated alkanes) is 3. The predicted octanol–water partition coefficient (Wildman–Crippen LogP) is 3.60. The summed E-state index contributed by atoms with van der Waals surface area (Å²) in [6.07, 6.45) is 9.69. The number of ether oxygens (including phenoxy) is 1. The number of carbonyl (C=O) groups excluding carboxylic acids is 1. The van der Waals surface area contributed by atoms with Crippen LogP contribution in [-0.2, 0) is 9.53 Å². The Morgan fingerprint density at radius 3 is 2.48 bits per heavy atom. The van der Waals surface area contributed by atoms with Gasteiger partial charge in [0.25, 0.3) is 0 Å². The zero-order chi connectivity index (χ0) is 16.4. The van der Waals surface area contributed by atoms with Crippen molar-refractivity contribution >= 4 is 24.3 Å². The predicted molar refractivity (Wildman–Crippen MR) is 96.9 cm³/mol. The van der Waals surface area contributed by atoms with Crippen LogP contribution in [0.25, 0.3) is 0 Å². The van der Waals surface area contributed by atoms with Crippen LogP contribution in [0.3, 0.4) is 0 Å². The fraction of sp³-hybridized carbons (Fsp3) is 0.882. The SMILES string of the molecule is CCCCCCC(C)OC(=O)[C@H]1CC[C@H](CNC(=N)N)CC1.Cl. The third kappa shape index (κ3) is 9.69. The molecule has 6 heteroatoms. The maximum atomic E-state index is 12.2. The first-order valence-corrected chi connectivity index (χ1v) is 8.81. The molecule has 136 valence electrons. The molecule has 0 aromatic rings. The van der Waals surface area contributed by atoms with Crippen LogP contribution in [0.1, 0.15) is 71.6 Å². The van der Waals surface area contributed by atoms with Gasteiger partial charge in [0.2, 0.25) is 0 Å². The lowest BCUT2D eigenvalue weighted by atomic mass is 9.82. The molecule has 0 spiro atoms. The van der Waals surface area contributed by atoms with Gasteiger partial charge in [-0.3, -0.25) is 10.2 Å². The Balaban J connectivity index is 0.00000484. The van der Waals surface area contributed by atoms with Crippen molar-refractivity contribution in [3.63, 3.8) is 0 Å². The molecule has 0 aromatic carbocycles. The second-order valence-electron chi connectivity index (χ2n) is 6.61. The maximum Gasteiger partial charge on any atom is 0.309 e. The van der Waals surface area contributed by atoms with Crippen molar-refractivity contribution in [1.29, 1.82) is 5.41 Å². The number of nitrogens with one attached hydrogen (secondary N) is 2. The van der Waals surface area contributed by atoms with Crippen molar-refractivity contribution in [2.45, 2.75) is 77.7 Å². The number of rotatable bonds is 9. The smallest absolute Gasteiger partial charge is 0.309 e. The highest BCUT2D eigenvalue weighted by atomic mass is 35.5. The van der Waals surface area contributed by atoms with Gasteiger partial charge in [0.05, 0.1) is 12.0 Å². The molecule has 0 aromatic heterocycles. The number of nitrogens with two attached hydrogens (primary N) is 1. The average molecular weight is 348 g/mol. The second-order valence-corrected chi connectivity index (χ2v) is 6.61. The molecule has 0 aliphatic heterocycles. The van der Waals surface area contributed by atoms with Gasteiger partial charge in [-0.15, -0.1) is 12.4 Å². The molecule has 23 heavy (non-hydrogen) atoms. The molecule has 1 aliphatic carbocycles. The van der Waals surface area contributed by atoms with Gasteiger partial charge in [-0.2, -0.15) is 0 Å². The normalized spacial score (nSPS) is 21.8. The van der Waals surface area contributed by atoms with E-state index in [0.29, 0.717) is 5.92 Å². The molecule has 0 bridgehead atoms. The third-order valence-electron chi connectivity index (χ3n) is 4.54. The molecule has 0 amide bonds. The highest BCUT2D eigenvalue weighted by Gasteiger charge is 2.28. The number of carbonyl (C=O) groups is 1. The summed E-state index contributed by atoms with van der Waals surface area (Å²) < 4.78 is 5.59. The van der Waals surface area contributed by atoms with Crippen molar-refractivity contribution in [3.05, 3.63) is 0 Å². The zero-order valence-electron chi connectivity index (χ0n) is 14.6. The average Bonchev–Trinajstić information content (AvgIpc) is 2.50. The van der Waals surface area contributed by atoms with Crippen LogP contribution < -0.4 is 11.1 Å². The Kier molecular flexibility index (Phi) is 11.9. The first kappa shape index (κ1) is 22.0. The maximum absolute atomic E-state index is 12.2. The molecular weight excluding hydrogens is 314 g/mol. The molecular formula is C17H34ClN3O2. The molecule has 1 saturated carbocycles. The van der Waals surface area contributed by atoms with Crippen LogP contribution in [0.2, 0.25) is 0 Å². The number of halogens is 1. The van der Waals surface area contributed by atoms with Gasteiger partial charge in [0.15, 0.2) is 5.96 Å². The molecule has 4 N–H and O–H groups in total. The van der Waals surface area contributed by atoms with Crippen LogP contribution in [-0.4, -0.2) is 24.6 Å². The summed E-state index contributed by atoms with van der Waals surface area (Å²) in [6, 6.07) is 0. The molecule has 1 rings (SSSR count). The van der Waals surface area contributed by atoms with Crippen molar-refractivity contribution in [2.24, 2.45) is 17.6 Å². The van der Waals surface area contributed by atoms with Gasteiger partial charge in [0, 0.05) is 6.54 Å². The molecule has 1 fully saturated rings. The Hall–Kier alpha value is -0.970. The van der Waals surface area contributed by atoms with E-state index >= 15 is 0 Å². The number of esters is 1. The van der Waals surface area contributed by atoms with E-state index in [9.17, 15) is 4.79 Å². The Morgan fingerprint density at radius 2 is 1.91 bits per heavy atom. The monoisotopic (exact) mass is 347 g/mol. The van der Waals surface area contributed by atoms with Crippen molar-refractivity contribution in [3.8, 4) is 0 Å². The Morgan fingerprint density at radius 1 is 1.26 bits per heavy atom. The minimum absolute atomic E-state index is 0. The number of hydrogen-bond acceptors (Lipinski definition) is 3. The molecule has 1 aliphatic rings. The lowest BCUT2D eigenvalue weighted by Crippen LogP contribution is -2.36. The van der Waals surface area contributed by atoms with E-state index in [2.05, 4.69) is 12.2 Å². The molecule has 0 saturated heterocycles. The molecule has 0 radical (unpaired) electrons. The van der Waals surface area contributed by atoms with Gasteiger partial charge < -0.3 is 15.8 Å². The lowest BCUT2D eigenvalue weighted by molar-refractivity contribution is -0.155. The topological polar surface area (TPSA) is 88.2 Å². The van der Waals surface area contributed by atoms with E-state index < -0.39 is 0 Å². The van der Waals surface area contributed by atoms with Crippen LogP contribution in [0, 0.1) is 17.2 Å². The summed E-state index contributed by atoms with van der Waals surface area (Å²) in [4.78, 5) is 12.2. The molecule has 5 nitrogen and oxygen atoms in total. The third-order valence-corrected chi connectivity index (χ3v) is 4.54. The first-order chi connectivity index (χ1) is 10.5. The number of hydrogen-bond donors (Lipinski definition) is 3. The van der Waals surface area contributed by atoms with Gasteiger partial charge in [-0.05, 0) is 51.4 Å². The summed E-state index contributed by atoms with van der Waals surface area (Å²) in [7, 11) is 0. The highest BCUT2D eigenvalue weighted by Crippen LogP contribution is 2.29. The van der Waals surface area contributed by atoms with Gasteiger partial charge in [-0.1, -0.05) is 26.2 Å². The van der Waals surface area contributed by atoms with Crippen molar-refractivity contribution in [1.82, 2.24) is 5.32 Å². The van der Waals surface area contributed by atoms with Crippen LogP contribution in [0.15, 0.2) is 0 Å². The van der Waals surface area contributed by atoms with Gasteiger partial charge in [-0.25, -0.2) is 0 Å². The lowest BCUT2D eigenvalue weighted by Gasteiger charge is -2.28. The van der Waals surface area contributed by atoms with E-state index in [1.807, 2.05) is 6.92 Å². The minimum atomic E-state index is -0.0130.